The van der Waals surface area contributed by atoms with Gasteiger partial charge in [0.1, 0.15) is 22.0 Å². The lowest BCUT2D eigenvalue weighted by atomic mass is 10.1. The first-order valence-corrected chi connectivity index (χ1v) is 32.2. The van der Waals surface area contributed by atoms with Crippen LogP contribution in [0, 0.1) is 6.92 Å². The van der Waals surface area contributed by atoms with Crippen LogP contribution >= 0.6 is 0 Å². The summed E-state index contributed by atoms with van der Waals surface area (Å²) in [5, 5.41) is 83.4. The number of nitrogens with one attached hydrogen (secondary N) is 1. The number of phenolic OH excluding ortho intramolecular Hbond substituents is 1. The number of aliphatic hydroxyl groups is 6. The number of azo groups is 2. The van der Waals surface area contributed by atoms with E-state index in [2.05, 4.69) is 35.6 Å². The Balaban J connectivity index is 0.000000396. The molecule has 0 radical (unpaired) electrons. The van der Waals surface area contributed by atoms with Gasteiger partial charge < -0.3 is 74.2 Å². The van der Waals surface area contributed by atoms with E-state index in [4.69, 9.17) is 68.3 Å². The van der Waals surface area contributed by atoms with Crippen LogP contribution in [0.3, 0.4) is 0 Å². The highest BCUT2D eigenvalue weighted by molar-refractivity contribution is 7.86. The SMILES string of the molecule is COc1cc(N=Nc2ccc(S(=O)(=O)O)cc2)c(C)cc1N=Nc1c(S(=O)(=O)O)cc2cc(Nc3ccccc3)ccc2c1O.OCCCOCCN(CCOCCCO)CCOCCCO.OCCCOCCN(CCOCCCO)CCOCCCO. The summed E-state index contributed by atoms with van der Waals surface area (Å²) in [6.07, 6.45) is 3.97. The average Bonchev–Trinajstić information content (AvgIpc) is 1.57. The third kappa shape index (κ3) is 32.7. The third-order valence-electron chi connectivity index (χ3n) is 12.5. The lowest BCUT2D eigenvalue weighted by Gasteiger charge is -2.22. The Morgan fingerprint density at radius 2 is 0.888 bits per heavy atom. The van der Waals surface area contributed by atoms with Crippen molar-refractivity contribution >= 4 is 65.1 Å². The first kappa shape index (κ1) is 77.5. The number of nitrogens with zero attached hydrogens (tertiary/aromatic N) is 6. The summed E-state index contributed by atoms with van der Waals surface area (Å²) >= 11 is 0. The lowest BCUT2D eigenvalue weighted by Crippen LogP contribution is -2.34. The van der Waals surface area contributed by atoms with E-state index in [9.17, 15) is 26.5 Å². The Hall–Kier alpha value is -5.78. The lowest BCUT2D eigenvalue weighted by molar-refractivity contribution is 0.0452. The zero-order valence-electron chi connectivity index (χ0n) is 50.9. The Labute approximate surface area is 522 Å². The van der Waals surface area contributed by atoms with Crippen LogP contribution in [0.15, 0.2) is 121 Å². The van der Waals surface area contributed by atoms with E-state index < -0.39 is 36.6 Å². The molecule has 0 bridgehead atoms. The topological polar surface area (TPSA) is 383 Å². The van der Waals surface area contributed by atoms with Crippen molar-refractivity contribution in [2.24, 2.45) is 20.5 Å². The number of aliphatic hydroxyl groups excluding tert-OH is 6. The van der Waals surface area contributed by atoms with Crippen molar-refractivity contribution in [1.82, 2.24) is 9.80 Å². The zero-order chi connectivity index (χ0) is 65.0. The molecule has 0 spiro atoms. The molecule has 0 heterocycles. The van der Waals surface area contributed by atoms with Gasteiger partial charge in [0.15, 0.2) is 5.75 Å². The van der Waals surface area contributed by atoms with Crippen LogP contribution in [0.1, 0.15) is 44.1 Å². The van der Waals surface area contributed by atoms with Crippen molar-refractivity contribution < 1.29 is 94.8 Å². The number of aryl methyl sites for hydroxylation is 1. The number of ether oxygens (including phenoxy) is 7. The number of phenols is 1. The predicted octanol–water partition coefficient (Wildman–Crippen LogP) is 6.90. The van der Waals surface area contributed by atoms with Crippen LogP contribution in [0.2, 0.25) is 0 Å². The summed E-state index contributed by atoms with van der Waals surface area (Å²) in [6, 6.07) is 23.6. The van der Waals surface area contributed by atoms with Gasteiger partial charge >= 0.3 is 0 Å². The highest BCUT2D eigenvalue weighted by atomic mass is 32.2. The maximum Gasteiger partial charge on any atom is 0.296 e. The molecule has 0 saturated heterocycles. The Morgan fingerprint density at radius 1 is 0.461 bits per heavy atom. The van der Waals surface area contributed by atoms with E-state index in [0.717, 1.165) is 45.0 Å². The summed E-state index contributed by atoms with van der Waals surface area (Å²) in [6.45, 7) is 14.5. The zero-order valence-corrected chi connectivity index (χ0v) is 52.5. The largest absolute Gasteiger partial charge is 0.505 e. The van der Waals surface area contributed by atoms with Crippen LogP contribution in [0.4, 0.5) is 34.1 Å². The summed E-state index contributed by atoms with van der Waals surface area (Å²) < 4.78 is 104. The summed E-state index contributed by atoms with van der Waals surface area (Å²) in [5.74, 6) is -0.318. The molecule has 29 heteroatoms. The van der Waals surface area contributed by atoms with Gasteiger partial charge in [-0.3, -0.25) is 18.9 Å². The van der Waals surface area contributed by atoms with Crippen LogP contribution in [-0.4, -0.2) is 237 Å². The minimum absolute atomic E-state index is 0.154. The summed E-state index contributed by atoms with van der Waals surface area (Å²) in [5.41, 5.74) is 2.37. The quantitative estimate of drug-likeness (QED) is 0.0108. The Morgan fingerprint density at radius 3 is 1.28 bits per heavy atom. The van der Waals surface area contributed by atoms with Gasteiger partial charge in [0.2, 0.25) is 0 Å². The molecule has 10 N–H and O–H groups in total. The first-order chi connectivity index (χ1) is 43.0. The molecule has 0 saturated carbocycles. The molecule has 5 rings (SSSR count). The number of hydrogen-bond donors (Lipinski definition) is 10. The van der Waals surface area contributed by atoms with E-state index in [1.807, 2.05) is 30.3 Å². The minimum atomic E-state index is -4.84. The van der Waals surface area contributed by atoms with Gasteiger partial charge in [0, 0.05) is 141 Å². The van der Waals surface area contributed by atoms with Crippen molar-refractivity contribution in [3.63, 3.8) is 0 Å². The molecule has 0 aromatic heterocycles. The number of para-hydroxylation sites is 1. The highest BCUT2D eigenvalue weighted by Crippen LogP contribution is 2.44. The van der Waals surface area contributed by atoms with E-state index in [1.54, 1.807) is 31.2 Å². The molecule has 5 aromatic rings. The highest BCUT2D eigenvalue weighted by Gasteiger charge is 2.23. The maximum atomic E-state index is 12.4. The fourth-order valence-electron chi connectivity index (χ4n) is 7.77. The van der Waals surface area contributed by atoms with E-state index in [-0.39, 0.29) is 61.4 Å². The van der Waals surface area contributed by atoms with Gasteiger partial charge in [-0.05, 0) is 123 Å². The van der Waals surface area contributed by atoms with Gasteiger partial charge in [0.05, 0.1) is 63.0 Å². The van der Waals surface area contributed by atoms with Crippen molar-refractivity contribution in [3.8, 4) is 11.5 Å². The number of methoxy groups -OCH3 is 1. The molecule has 27 nitrogen and oxygen atoms in total. The number of fused-ring (bicyclic) bond motifs is 1. The van der Waals surface area contributed by atoms with Crippen LogP contribution in [0.25, 0.3) is 10.8 Å². The van der Waals surface area contributed by atoms with Gasteiger partial charge in [-0.25, -0.2) is 0 Å². The fourth-order valence-corrected chi connectivity index (χ4v) is 8.91. The van der Waals surface area contributed by atoms with Gasteiger partial charge in [0.25, 0.3) is 20.2 Å². The maximum absolute atomic E-state index is 12.4. The molecule has 0 fully saturated rings. The number of hydrogen-bond acceptors (Lipinski definition) is 25. The fraction of sp³-hybridized carbons (Fsp3) is 0.533. The van der Waals surface area contributed by atoms with Crippen molar-refractivity contribution in [1.29, 1.82) is 0 Å². The predicted molar refractivity (Wildman–Crippen MR) is 336 cm³/mol. The van der Waals surface area contributed by atoms with Crippen molar-refractivity contribution in [2.45, 2.75) is 55.2 Å². The van der Waals surface area contributed by atoms with Gasteiger partial charge in [-0.15, -0.1) is 10.2 Å². The average molecular weight is 1290 g/mol. The molecule has 498 valence electrons. The van der Waals surface area contributed by atoms with Gasteiger partial charge in [-0.2, -0.15) is 27.1 Å². The van der Waals surface area contributed by atoms with Crippen LogP contribution < -0.4 is 10.1 Å². The third-order valence-corrected chi connectivity index (χ3v) is 14.3. The Bertz CT molecular complexity index is 2880. The molecular formula is C60H91N7O20S2. The van der Waals surface area contributed by atoms with E-state index in [1.165, 1.54) is 43.5 Å². The second kappa shape index (κ2) is 46.3. The number of benzene rings is 5. The molecule has 0 amide bonds. The number of aromatic hydroxyl groups is 1. The first-order valence-electron chi connectivity index (χ1n) is 29.3. The molecule has 0 atom stereocenters. The second-order valence-corrected chi connectivity index (χ2v) is 22.3. The standard InChI is InChI=1S/C30H25N5O8S2.2C15H33NO6/c1-18-14-26(27(43-2)17-25(18)33-32-21-8-11-23(12-9-21)44(37,38)39)34-35-29-28(45(40,41)42)16-19-15-22(10-13-24(19)30(29)36)31-20-6-4-3-5-7-20;2*17-7-1-10-20-13-4-16(5-14-21-11-2-8-18)6-15-22-12-3-9-19/h3-17,31,36H,1-2H3,(H,37,38,39)(H,40,41,42);2*17-19H,1-15H2. The second-order valence-electron chi connectivity index (χ2n) is 19.5. The van der Waals surface area contributed by atoms with E-state index in [0.29, 0.717) is 146 Å². The normalized spacial score (nSPS) is 11.9. The molecule has 5 aromatic carbocycles. The molecule has 0 unspecified atom stereocenters. The number of rotatable bonds is 45. The van der Waals surface area contributed by atoms with Crippen molar-refractivity contribution in [3.05, 3.63) is 96.6 Å². The summed E-state index contributed by atoms with van der Waals surface area (Å²) in [7, 11) is -7.81. The molecular weight excluding hydrogens is 1200 g/mol. The van der Waals surface area contributed by atoms with Crippen LogP contribution in [-0.2, 0) is 48.7 Å². The van der Waals surface area contributed by atoms with Gasteiger partial charge in [-0.1, -0.05) is 18.2 Å². The molecule has 89 heavy (non-hydrogen) atoms. The molecule has 0 aliphatic heterocycles. The van der Waals surface area contributed by atoms with Crippen molar-refractivity contribution in [2.75, 3.05) is 171 Å². The Kier molecular flexibility index (Phi) is 40.3. The smallest absolute Gasteiger partial charge is 0.296 e. The number of anilines is 2. The van der Waals surface area contributed by atoms with E-state index >= 15 is 0 Å². The molecule has 0 aliphatic rings. The van der Waals surface area contributed by atoms with Crippen LogP contribution in [0.5, 0.6) is 11.5 Å². The minimum Gasteiger partial charge on any atom is -0.505 e. The molecule has 0 aliphatic carbocycles. The summed E-state index contributed by atoms with van der Waals surface area (Å²) in [4.78, 5) is 3.48. The monoisotopic (exact) mass is 1290 g/mol.